The van der Waals surface area contributed by atoms with Gasteiger partial charge in [-0.1, -0.05) is 15.9 Å². The van der Waals surface area contributed by atoms with Crippen molar-refractivity contribution in [3.05, 3.63) is 34.6 Å². The van der Waals surface area contributed by atoms with Gasteiger partial charge in [0.05, 0.1) is 17.2 Å². The topological polar surface area (TPSA) is 25.8 Å². The third-order valence-corrected chi connectivity index (χ3v) is 2.24. The predicted molar refractivity (Wildman–Crippen MR) is 52.2 cm³/mol. The van der Waals surface area contributed by atoms with Gasteiger partial charge in [-0.05, 0) is 18.2 Å². The molecule has 1 aromatic heterocycles. The molecule has 0 amide bonds. The van der Waals surface area contributed by atoms with E-state index in [9.17, 15) is 8.78 Å². The van der Waals surface area contributed by atoms with E-state index < -0.39 is 6.43 Å². The zero-order valence-electron chi connectivity index (χ0n) is 6.92. The highest BCUT2D eigenvalue weighted by molar-refractivity contribution is 9.10. The fourth-order valence-corrected chi connectivity index (χ4v) is 1.45. The molecule has 2 nitrogen and oxygen atoms in total. The number of fused-ring (bicyclic) bond motifs is 1. The first-order valence-electron chi connectivity index (χ1n) is 3.87. The Kier molecular flexibility index (Phi) is 2.41. The molecule has 0 spiro atoms. The number of nitrogens with zero attached hydrogens (tertiary/aromatic N) is 2. The van der Waals surface area contributed by atoms with Crippen molar-refractivity contribution in [1.82, 2.24) is 9.97 Å². The largest absolute Gasteiger partial charge is 0.281 e. The average Bonchev–Trinajstić information content (AvgIpc) is 2.16. The quantitative estimate of drug-likeness (QED) is 0.784. The summed E-state index contributed by atoms with van der Waals surface area (Å²) in [7, 11) is 0. The minimum absolute atomic E-state index is 0.296. The molecule has 0 aliphatic rings. The minimum Gasteiger partial charge on any atom is -0.252 e. The van der Waals surface area contributed by atoms with Crippen molar-refractivity contribution in [3.63, 3.8) is 0 Å². The lowest BCUT2D eigenvalue weighted by atomic mass is 10.3. The lowest BCUT2D eigenvalue weighted by Crippen LogP contribution is -1.92. The van der Waals surface area contributed by atoms with Crippen LogP contribution >= 0.6 is 15.9 Å². The molecule has 1 heterocycles. The fourth-order valence-electron chi connectivity index (χ4n) is 1.10. The molecule has 2 aromatic rings. The lowest BCUT2D eigenvalue weighted by molar-refractivity contribution is 0.146. The van der Waals surface area contributed by atoms with Gasteiger partial charge < -0.3 is 0 Å². The van der Waals surface area contributed by atoms with Crippen LogP contribution in [0.25, 0.3) is 11.0 Å². The molecule has 0 aliphatic carbocycles. The van der Waals surface area contributed by atoms with E-state index in [1.807, 2.05) is 0 Å². The van der Waals surface area contributed by atoms with Crippen molar-refractivity contribution >= 4 is 27.0 Å². The number of benzene rings is 1. The smallest absolute Gasteiger partial charge is 0.252 e. The molecule has 0 N–H and O–H groups in total. The van der Waals surface area contributed by atoms with E-state index in [2.05, 4.69) is 25.9 Å². The Morgan fingerprint density at radius 1 is 1.21 bits per heavy atom. The fraction of sp³-hybridized carbons (Fsp3) is 0.111. The van der Waals surface area contributed by atoms with Crippen LogP contribution in [0.3, 0.4) is 0 Å². The van der Waals surface area contributed by atoms with Crippen LogP contribution in [0.15, 0.2) is 28.9 Å². The normalized spacial score (nSPS) is 11.1. The van der Waals surface area contributed by atoms with Gasteiger partial charge in [-0.15, -0.1) is 0 Å². The van der Waals surface area contributed by atoms with Gasteiger partial charge in [0.2, 0.25) is 0 Å². The van der Waals surface area contributed by atoms with Gasteiger partial charge in [0.15, 0.2) is 0 Å². The first-order chi connectivity index (χ1) is 6.66. The number of alkyl halides is 2. The molecule has 0 unspecified atom stereocenters. The number of rotatable bonds is 1. The van der Waals surface area contributed by atoms with Crippen LogP contribution in [0, 0.1) is 0 Å². The van der Waals surface area contributed by atoms with Crippen molar-refractivity contribution in [1.29, 1.82) is 0 Å². The number of hydrogen-bond acceptors (Lipinski definition) is 2. The lowest BCUT2D eigenvalue weighted by Gasteiger charge is -2.00. The molecule has 2 rings (SSSR count). The van der Waals surface area contributed by atoms with E-state index in [0.717, 1.165) is 10.7 Å². The molecule has 0 bridgehead atoms. The predicted octanol–water partition coefficient (Wildman–Crippen LogP) is 3.33. The zero-order chi connectivity index (χ0) is 10.1. The maximum absolute atomic E-state index is 12.3. The van der Waals surface area contributed by atoms with E-state index in [1.54, 1.807) is 18.2 Å². The van der Waals surface area contributed by atoms with E-state index >= 15 is 0 Å². The third kappa shape index (κ3) is 1.72. The average molecular weight is 259 g/mol. The highest BCUT2D eigenvalue weighted by Crippen LogP contribution is 2.20. The number of hydrogen-bond donors (Lipinski definition) is 0. The number of halogens is 3. The van der Waals surface area contributed by atoms with E-state index in [-0.39, 0.29) is 5.69 Å². The molecule has 14 heavy (non-hydrogen) atoms. The van der Waals surface area contributed by atoms with Gasteiger partial charge in [-0.2, -0.15) is 0 Å². The summed E-state index contributed by atoms with van der Waals surface area (Å²) < 4.78 is 25.4. The van der Waals surface area contributed by atoms with Crippen LogP contribution in [0.2, 0.25) is 0 Å². The second-order valence-electron chi connectivity index (χ2n) is 2.73. The maximum atomic E-state index is 12.3. The highest BCUT2D eigenvalue weighted by atomic mass is 79.9. The van der Waals surface area contributed by atoms with Gasteiger partial charge in [0.25, 0.3) is 6.43 Å². The summed E-state index contributed by atoms with van der Waals surface area (Å²) >= 11 is 3.24. The summed E-state index contributed by atoms with van der Waals surface area (Å²) in [6.45, 7) is 0. The van der Waals surface area contributed by atoms with E-state index in [4.69, 9.17) is 0 Å². The van der Waals surface area contributed by atoms with Crippen LogP contribution in [-0.2, 0) is 0 Å². The Balaban J connectivity index is 2.63. The molecule has 5 heteroatoms. The third-order valence-electron chi connectivity index (χ3n) is 1.75. The minimum atomic E-state index is -2.58. The van der Waals surface area contributed by atoms with Crippen molar-refractivity contribution in [3.8, 4) is 0 Å². The molecular weight excluding hydrogens is 254 g/mol. The highest BCUT2D eigenvalue weighted by Gasteiger charge is 2.09. The molecule has 72 valence electrons. The second kappa shape index (κ2) is 3.57. The molecule has 1 aromatic carbocycles. The Hall–Kier alpha value is -1.10. The first-order valence-corrected chi connectivity index (χ1v) is 4.66. The van der Waals surface area contributed by atoms with Crippen LogP contribution in [0.4, 0.5) is 8.78 Å². The molecule has 0 radical (unpaired) electrons. The standard InChI is InChI=1S/C9H5BrF2N2/c10-5-1-2-6-7(3-5)14-8(4-13-6)9(11)12/h1-4,9H. The van der Waals surface area contributed by atoms with Crippen LogP contribution < -0.4 is 0 Å². The Morgan fingerprint density at radius 2 is 2.00 bits per heavy atom. The van der Waals surface area contributed by atoms with Gasteiger partial charge in [-0.25, -0.2) is 13.8 Å². The monoisotopic (exact) mass is 258 g/mol. The van der Waals surface area contributed by atoms with Gasteiger partial charge in [0, 0.05) is 4.47 Å². The van der Waals surface area contributed by atoms with Gasteiger partial charge in [-0.3, -0.25) is 4.98 Å². The van der Waals surface area contributed by atoms with Crippen LogP contribution in [-0.4, -0.2) is 9.97 Å². The Bertz CT molecular complexity index is 473. The van der Waals surface area contributed by atoms with Crippen LogP contribution in [0.5, 0.6) is 0 Å². The van der Waals surface area contributed by atoms with Crippen molar-refractivity contribution in [2.24, 2.45) is 0 Å². The summed E-state index contributed by atoms with van der Waals surface area (Å²) in [6.07, 6.45) is -1.48. The summed E-state index contributed by atoms with van der Waals surface area (Å²) in [4.78, 5) is 7.67. The molecule has 0 atom stereocenters. The van der Waals surface area contributed by atoms with Crippen molar-refractivity contribution < 1.29 is 8.78 Å². The van der Waals surface area contributed by atoms with E-state index in [0.29, 0.717) is 11.0 Å². The summed E-state index contributed by atoms with van der Waals surface area (Å²) in [5.41, 5.74) is 0.783. The molecule has 0 saturated carbocycles. The molecule has 0 fully saturated rings. The molecule has 0 saturated heterocycles. The second-order valence-corrected chi connectivity index (χ2v) is 3.64. The van der Waals surface area contributed by atoms with Gasteiger partial charge >= 0.3 is 0 Å². The van der Waals surface area contributed by atoms with Crippen molar-refractivity contribution in [2.45, 2.75) is 6.43 Å². The zero-order valence-corrected chi connectivity index (χ0v) is 8.50. The Labute approximate surface area is 87.1 Å². The SMILES string of the molecule is FC(F)c1cnc2ccc(Br)cc2n1. The van der Waals surface area contributed by atoms with Gasteiger partial charge in [0.1, 0.15) is 5.69 Å². The maximum Gasteiger partial charge on any atom is 0.281 e. The summed E-state index contributed by atoms with van der Waals surface area (Å²) in [5.74, 6) is 0. The first kappa shape index (κ1) is 9.45. The summed E-state index contributed by atoms with van der Waals surface area (Å²) in [5, 5.41) is 0. The Morgan fingerprint density at radius 3 is 2.71 bits per heavy atom. The van der Waals surface area contributed by atoms with E-state index in [1.165, 1.54) is 0 Å². The molecule has 0 aliphatic heterocycles. The number of aromatic nitrogens is 2. The van der Waals surface area contributed by atoms with Crippen LogP contribution in [0.1, 0.15) is 12.1 Å². The molecular formula is C9H5BrF2N2. The van der Waals surface area contributed by atoms with Crippen molar-refractivity contribution in [2.75, 3.05) is 0 Å². The summed E-state index contributed by atoms with van der Waals surface area (Å²) in [6, 6.07) is 5.18.